The van der Waals surface area contributed by atoms with Crippen molar-refractivity contribution in [3.8, 4) is 0 Å². The van der Waals surface area contributed by atoms with Crippen molar-refractivity contribution in [1.82, 2.24) is 5.32 Å². The molecule has 0 radical (unpaired) electrons. The molecular formula is C15H18N2O3. The highest BCUT2D eigenvalue weighted by atomic mass is 16.3. The zero-order valence-corrected chi connectivity index (χ0v) is 11.2. The lowest BCUT2D eigenvalue weighted by Gasteiger charge is -2.28. The quantitative estimate of drug-likeness (QED) is 0.775. The van der Waals surface area contributed by atoms with Gasteiger partial charge in [0, 0.05) is 11.3 Å². The molecule has 2 aliphatic rings. The highest BCUT2D eigenvalue weighted by Gasteiger charge is 2.35. The number of carbonyl (C=O) groups excluding carboxylic acids is 2. The Balaban J connectivity index is 1.78. The number of fused-ring (bicyclic) bond motifs is 1. The summed E-state index contributed by atoms with van der Waals surface area (Å²) < 4.78 is 0. The molecule has 0 bridgehead atoms. The van der Waals surface area contributed by atoms with Gasteiger partial charge in [-0.05, 0) is 36.6 Å². The average molecular weight is 274 g/mol. The molecule has 0 spiro atoms. The van der Waals surface area contributed by atoms with Crippen LogP contribution in [0.25, 0.3) is 0 Å². The van der Waals surface area contributed by atoms with Gasteiger partial charge in [0.25, 0.3) is 5.91 Å². The minimum atomic E-state index is -0.468. The molecular weight excluding hydrogens is 256 g/mol. The molecule has 1 heterocycles. The van der Waals surface area contributed by atoms with Crippen LogP contribution in [0.15, 0.2) is 18.2 Å². The van der Waals surface area contributed by atoms with Crippen LogP contribution in [0.3, 0.4) is 0 Å². The van der Waals surface area contributed by atoms with Crippen molar-refractivity contribution < 1.29 is 14.7 Å². The van der Waals surface area contributed by atoms with Crippen LogP contribution in [0.1, 0.15) is 41.6 Å². The Bertz CT molecular complexity index is 562. The van der Waals surface area contributed by atoms with E-state index in [1.807, 2.05) is 0 Å². The van der Waals surface area contributed by atoms with Gasteiger partial charge in [0.1, 0.15) is 0 Å². The van der Waals surface area contributed by atoms with Crippen LogP contribution in [0.5, 0.6) is 0 Å². The minimum Gasteiger partial charge on any atom is -0.394 e. The zero-order chi connectivity index (χ0) is 14.2. The summed E-state index contributed by atoms with van der Waals surface area (Å²) in [6.45, 7) is -0.0241. The Morgan fingerprint density at radius 3 is 2.80 bits per heavy atom. The molecule has 1 aromatic carbocycles. The van der Waals surface area contributed by atoms with Gasteiger partial charge in [-0.3, -0.25) is 9.59 Å². The van der Waals surface area contributed by atoms with Gasteiger partial charge >= 0.3 is 0 Å². The van der Waals surface area contributed by atoms with Gasteiger partial charge in [-0.25, -0.2) is 0 Å². The Kier molecular flexibility index (Phi) is 3.22. The second kappa shape index (κ2) is 4.90. The topological polar surface area (TPSA) is 78.4 Å². The molecule has 1 aromatic rings. The number of benzene rings is 1. The van der Waals surface area contributed by atoms with Crippen molar-refractivity contribution in [2.75, 3.05) is 11.9 Å². The molecule has 20 heavy (non-hydrogen) atoms. The number of aliphatic hydroxyl groups is 1. The first-order chi connectivity index (χ1) is 9.62. The fourth-order valence-electron chi connectivity index (χ4n) is 3.06. The SMILES string of the molecule is O=C1Cc2cc(C(=O)NC3(CO)CCCC3)ccc2N1. The highest BCUT2D eigenvalue weighted by molar-refractivity contribution is 6.01. The van der Waals surface area contributed by atoms with E-state index in [0.717, 1.165) is 36.9 Å². The molecule has 1 fully saturated rings. The van der Waals surface area contributed by atoms with Crippen molar-refractivity contribution in [3.05, 3.63) is 29.3 Å². The highest BCUT2D eigenvalue weighted by Crippen LogP contribution is 2.30. The van der Waals surface area contributed by atoms with Crippen LogP contribution in [-0.2, 0) is 11.2 Å². The lowest BCUT2D eigenvalue weighted by atomic mass is 9.98. The van der Waals surface area contributed by atoms with Crippen LogP contribution in [0.2, 0.25) is 0 Å². The van der Waals surface area contributed by atoms with Crippen molar-refractivity contribution in [2.24, 2.45) is 0 Å². The molecule has 1 aliphatic heterocycles. The Hall–Kier alpha value is -1.88. The molecule has 0 aromatic heterocycles. The number of anilines is 1. The van der Waals surface area contributed by atoms with Crippen molar-refractivity contribution >= 4 is 17.5 Å². The summed E-state index contributed by atoms with van der Waals surface area (Å²) in [6, 6.07) is 5.22. The minimum absolute atomic E-state index is 0.0241. The first-order valence-electron chi connectivity index (χ1n) is 6.98. The van der Waals surface area contributed by atoms with Crippen molar-refractivity contribution in [2.45, 2.75) is 37.6 Å². The lowest BCUT2D eigenvalue weighted by molar-refractivity contribution is -0.115. The maximum absolute atomic E-state index is 12.3. The van der Waals surface area contributed by atoms with Crippen LogP contribution in [0, 0.1) is 0 Å². The fraction of sp³-hybridized carbons (Fsp3) is 0.467. The summed E-state index contributed by atoms with van der Waals surface area (Å²) in [7, 11) is 0. The fourth-order valence-corrected chi connectivity index (χ4v) is 3.06. The number of hydrogen-bond acceptors (Lipinski definition) is 3. The van der Waals surface area contributed by atoms with E-state index in [0.29, 0.717) is 12.0 Å². The van der Waals surface area contributed by atoms with Gasteiger partial charge in [0.15, 0.2) is 0 Å². The van der Waals surface area contributed by atoms with Gasteiger partial charge in [-0.1, -0.05) is 12.8 Å². The van der Waals surface area contributed by atoms with E-state index in [1.54, 1.807) is 18.2 Å². The molecule has 1 aliphatic carbocycles. The molecule has 3 N–H and O–H groups in total. The van der Waals surface area contributed by atoms with E-state index in [2.05, 4.69) is 10.6 Å². The van der Waals surface area contributed by atoms with Gasteiger partial charge in [-0.15, -0.1) is 0 Å². The summed E-state index contributed by atoms with van der Waals surface area (Å²) in [5.74, 6) is -0.219. The van der Waals surface area contributed by atoms with E-state index in [9.17, 15) is 14.7 Å². The van der Waals surface area contributed by atoms with Gasteiger partial charge in [-0.2, -0.15) is 0 Å². The van der Waals surface area contributed by atoms with Gasteiger partial charge < -0.3 is 15.7 Å². The molecule has 3 rings (SSSR count). The summed E-state index contributed by atoms with van der Waals surface area (Å²) in [5, 5.41) is 15.2. The number of carbonyl (C=O) groups is 2. The monoisotopic (exact) mass is 274 g/mol. The van der Waals surface area contributed by atoms with E-state index in [4.69, 9.17) is 0 Å². The normalized spacial score (nSPS) is 19.6. The third-order valence-electron chi connectivity index (χ3n) is 4.23. The van der Waals surface area contributed by atoms with Crippen molar-refractivity contribution in [1.29, 1.82) is 0 Å². The summed E-state index contributed by atoms with van der Waals surface area (Å²) in [4.78, 5) is 23.6. The second-order valence-electron chi connectivity index (χ2n) is 5.70. The predicted molar refractivity (Wildman–Crippen MR) is 74.5 cm³/mol. The number of hydrogen-bond donors (Lipinski definition) is 3. The zero-order valence-electron chi connectivity index (χ0n) is 11.2. The lowest BCUT2D eigenvalue weighted by Crippen LogP contribution is -2.49. The maximum atomic E-state index is 12.3. The van der Waals surface area contributed by atoms with Crippen LogP contribution in [-0.4, -0.2) is 29.1 Å². The largest absolute Gasteiger partial charge is 0.394 e. The van der Waals surface area contributed by atoms with E-state index in [1.165, 1.54) is 0 Å². The Morgan fingerprint density at radius 2 is 2.10 bits per heavy atom. The average Bonchev–Trinajstić information content (AvgIpc) is 3.03. The molecule has 0 unspecified atom stereocenters. The summed E-state index contributed by atoms with van der Waals surface area (Å²) in [6.07, 6.45) is 4.02. The molecule has 5 heteroatoms. The standard InChI is InChI=1S/C15H18N2O3/c18-9-15(5-1-2-6-15)17-14(20)10-3-4-12-11(7-10)8-13(19)16-12/h3-4,7,18H,1-2,5-6,8-9H2,(H,16,19)(H,17,20). The molecule has 0 atom stereocenters. The number of amides is 2. The first kappa shape index (κ1) is 13.1. The number of aliphatic hydroxyl groups excluding tert-OH is 1. The van der Waals surface area contributed by atoms with Crippen LogP contribution >= 0.6 is 0 Å². The third kappa shape index (κ3) is 2.29. The van der Waals surface area contributed by atoms with E-state index < -0.39 is 5.54 Å². The molecule has 0 saturated heterocycles. The second-order valence-corrected chi connectivity index (χ2v) is 5.70. The molecule has 2 amide bonds. The molecule has 1 saturated carbocycles. The van der Waals surface area contributed by atoms with Crippen LogP contribution < -0.4 is 10.6 Å². The smallest absolute Gasteiger partial charge is 0.251 e. The molecule has 5 nitrogen and oxygen atoms in total. The number of rotatable bonds is 3. The number of nitrogens with one attached hydrogen (secondary N) is 2. The third-order valence-corrected chi connectivity index (χ3v) is 4.23. The van der Waals surface area contributed by atoms with Crippen LogP contribution in [0.4, 0.5) is 5.69 Å². The van der Waals surface area contributed by atoms with E-state index in [-0.39, 0.29) is 18.4 Å². The summed E-state index contributed by atoms with van der Waals surface area (Å²) in [5.41, 5.74) is 1.71. The van der Waals surface area contributed by atoms with Gasteiger partial charge in [0.2, 0.25) is 5.91 Å². The van der Waals surface area contributed by atoms with E-state index >= 15 is 0 Å². The van der Waals surface area contributed by atoms with Crippen molar-refractivity contribution in [3.63, 3.8) is 0 Å². The Labute approximate surface area is 117 Å². The van der Waals surface area contributed by atoms with Gasteiger partial charge in [0.05, 0.1) is 18.6 Å². The maximum Gasteiger partial charge on any atom is 0.251 e. The first-order valence-corrected chi connectivity index (χ1v) is 6.98. The molecule has 106 valence electrons. The predicted octanol–water partition coefficient (Wildman–Crippen LogP) is 1.22. The summed E-state index contributed by atoms with van der Waals surface area (Å²) >= 11 is 0. The Morgan fingerprint density at radius 1 is 1.35 bits per heavy atom.